The molecule has 0 heterocycles. The van der Waals surface area contributed by atoms with E-state index in [2.05, 4.69) is 48.5 Å². The van der Waals surface area contributed by atoms with Crippen LogP contribution in [0.2, 0.25) is 0 Å². The molecule has 100 valence electrons. The summed E-state index contributed by atoms with van der Waals surface area (Å²) in [5.41, 5.74) is 0. The zero-order chi connectivity index (χ0) is 13.7. The fourth-order valence-electron chi connectivity index (χ4n) is 0. The van der Waals surface area contributed by atoms with E-state index >= 15 is 0 Å². The molecule has 0 aliphatic heterocycles. The molecule has 0 amide bonds. The fourth-order valence-corrected chi connectivity index (χ4v) is 0. The molecule has 0 aromatic rings. The van der Waals surface area contributed by atoms with Gasteiger partial charge in [0, 0.05) is 0 Å². The summed E-state index contributed by atoms with van der Waals surface area (Å²) in [6.07, 6.45) is 3.81. The summed E-state index contributed by atoms with van der Waals surface area (Å²) in [6, 6.07) is 0. The van der Waals surface area contributed by atoms with Crippen LogP contribution < -0.4 is 0 Å². The monoisotopic (exact) mass is 220 g/mol. The van der Waals surface area contributed by atoms with Crippen molar-refractivity contribution in [3.8, 4) is 0 Å². The molecule has 15 heavy (non-hydrogen) atoms. The van der Waals surface area contributed by atoms with E-state index in [1.165, 1.54) is 19.3 Å². The fraction of sp³-hybridized carbons (Fsp3) is 1.00. The molecule has 0 heteroatoms. The molecule has 0 aromatic carbocycles. The normalized spacial score (nSPS) is 6.40. The van der Waals surface area contributed by atoms with Crippen molar-refractivity contribution in [1.82, 2.24) is 0 Å². The molecule has 0 radical (unpaired) electrons. The lowest BCUT2D eigenvalue weighted by molar-refractivity contribution is 0.626. The highest BCUT2D eigenvalue weighted by atomic mass is 13.9. The second-order valence-electron chi connectivity index (χ2n) is 3.22. The molecule has 0 aromatic heterocycles. The predicted octanol–water partition coefficient (Wildman–Crippen LogP) is 6.94. The lowest BCUT2D eigenvalue weighted by atomic mass is 10.2. The van der Waals surface area contributed by atoms with Gasteiger partial charge in [-0.3, -0.25) is 0 Å². The van der Waals surface area contributed by atoms with Gasteiger partial charge in [-0.05, 0) is 5.92 Å². The maximum absolute atomic E-state index is 2.22. The first-order valence-electron chi connectivity index (χ1n) is 7.10. The summed E-state index contributed by atoms with van der Waals surface area (Å²) in [7, 11) is 0. The lowest BCUT2D eigenvalue weighted by Gasteiger charge is -1.90. The maximum atomic E-state index is 2.22. The highest BCUT2D eigenvalue weighted by Gasteiger charge is 1.80. The van der Waals surface area contributed by atoms with Gasteiger partial charge < -0.3 is 0 Å². The standard InChI is InChI=1S/C5H12.2C3H8.2C2H6/c1-4-5(2)3;2*1-3-2;2*1-2/h5H,4H2,1-3H3;2*3H2,1-2H3;2*1-2H3. The van der Waals surface area contributed by atoms with Crippen molar-refractivity contribution in [3.05, 3.63) is 0 Å². The highest BCUT2D eigenvalue weighted by molar-refractivity contribution is 4.32. The van der Waals surface area contributed by atoms with E-state index in [0.717, 1.165) is 5.92 Å². The van der Waals surface area contributed by atoms with Crippen LogP contribution in [0.15, 0.2) is 0 Å². The maximum Gasteiger partial charge on any atom is -0.0474 e. The molecule has 0 unspecified atom stereocenters. The van der Waals surface area contributed by atoms with Crippen LogP contribution in [0.3, 0.4) is 0 Å². The second-order valence-corrected chi connectivity index (χ2v) is 3.22. The molecule has 0 N–H and O–H groups in total. The minimum absolute atomic E-state index is 0.884. The Morgan fingerprint density at radius 1 is 0.600 bits per heavy atom. The smallest absolute Gasteiger partial charge is 0.0474 e. The Labute approximate surface area is 102 Å². The minimum atomic E-state index is 0.884. The summed E-state index contributed by atoms with van der Waals surface area (Å²) in [5, 5.41) is 0. The molecule has 0 atom stereocenters. The SMILES string of the molecule is CC.CC.CCC.CCC.CCC(C)C. The van der Waals surface area contributed by atoms with Gasteiger partial charge in [0.15, 0.2) is 0 Å². The molecule has 0 spiro atoms. The van der Waals surface area contributed by atoms with Crippen LogP contribution in [0, 0.1) is 5.92 Å². The first-order chi connectivity index (χ1) is 7.10. The Morgan fingerprint density at radius 2 is 0.667 bits per heavy atom. The van der Waals surface area contributed by atoms with Gasteiger partial charge in [-0.1, -0.05) is 95.4 Å². The zero-order valence-corrected chi connectivity index (χ0v) is 13.7. The van der Waals surface area contributed by atoms with Crippen LogP contribution in [-0.4, -0.2) is 0 Å². The van der Waals surface area contributed by atoms with E-state index in [1.54, 1.807) is 0 Å². The van der Waals surface area contributed by atoms with Crippen LogP contribution in [0.1, 0.15) is 95.4 Å². The number of rotatable bonds is 1. The van der Waals surface area contributed by atoms with Gasteiger partial charge in [0.25, 0.3) is 0 Å². The molecule has 0 saturated heterocycles. The van der Waals surface area contributed by atoms with Gasteiger partial charge in [-0.15, -0.1) is 0 Å². The average molecular weight is 220 g/mol. The zero-order valence-electron chi connectivity index (χ0n) is 13.7. The summed E-state index contributed by atoms with van der Waals surface area (Å²) < 4.78 is 0. The first kappa shape index (κ1) is 29.4. The summed E-state index contributed by atoms with van der Waals surface area (Å²) in [5.74, 6) is 0.884. The second kappa shape index (κ2) is 65.7. The van der Waals surface area contributed by atoms with E-state index in [-0.39, 0.29) is 0 Å². The van der Waals surface area contributed by atoms with E-state index in [9.17, 15) is 0 Å². The molecule has 0 aliphatic rings. The quantitative estimate of drug-likeness (QED) is 0.449. The van der Waals surface area contributed by atoms with Crippen LogP contribution >= 0.6 is 0 Å². The van der Waals surface area contributed by atoms with E-state index in [4.69, 9.17) is 0 Å². The third-order valence-corrected chi connectivity index (χ3v) is 0.816. The minimum Gasteiger partial charge on any atom is -0.0683 e. The van der Waals surface area contributed by atoms with Crippen molar-refractivity contribution in [2.45, 2.75) is 95.4 Å². The van der Waals surface area contributed by atoms with Crippen molar-refractivity contribution < 1.29 is 0 Å². The van der Waals surface area contributed by atoms with Gasteiger partial charge in [0.2, 0.25) is 0 Å². The van der Waals surface area contributed by atoms with E-state index in [0.29, 0.717) is 0 Å². The van der Waals surface area contributed by atoms with Crippen molar-refractivity contribution in [1.29, 1.82) is 0 Å². The molecular weight excluding hydrogens is 180 g/mol. The Kier molecular flexibility index (Phi) is 129. The Bertz CT molecular complexity index is 27.0. The molecule has 0 bridgehead atoms. The van der Waals surface area contributed by atoms with E-state index in [1.807, 2.05) is 27.7 Å². The first-order valence-corrected chi connectivity index (χ1v) is 7.10. The van der Waals surface area contributed by atoms with Crippen molar-refractivity contribution in [2.24, 2.45) is 5.92 Å². The molecule has 0 rings (SSSR count). The molecular formula is C15H40. The summed E-state index contributed by atoms with van der Waals surface area (Å²) >= 11 is 0. The van der Waals surface area contributed by atoms with Crippen LogP contribution in [0.4, 0.5) is 0 Å². The third-order valence-electron chi connectivity index (χ3n) is 0.816. The Hall–Kier alpha value is 0. The summed E-state index contributed by atoms with van der Waals surface area (Å²) in [6.45, 7) is 23.1. The molecule has 0 fully saturated rings. The number of hydrogen-bond acceptors (Lipinski definition) is 0. The van der Waals surface area contributed by atoms with Gasteiger partial charge in [0.05, 0.1) is 0 Å². The Balaban J connectivity index is -0.0000000296. The highest BCUT2D eigenvalue weighted by Crippen LogP contribution is 1.93. The predicted molar refractivity (Wildman–Crippen MR) is 79.8 cm³/mol. The van der Waals surface area contributed by atoms with Gasteiger partial charge in [-0.25, -0.2) is 0 Å². The molecule has 0 aliphatic carbocycles. The Morgan fingerprint density at radius 3 is 0.667 bits per heavy atom. The van der Waals surface area contributed by atoms with Crippen molar-refractivity contribution in [2.75, 3.05) is 0 Å². The average Bonchev–Trinajstić information content (AvgIpc) is 2.26. The topological polar surface area (TPSA) is 0 Å². The van der Waals surface area contributed by atoms with E-state index < -0.39 is 0 Å². The largest absolute Gasteiger partial charge is 0.0683 e. The molecule has 0 nitrogen and oxygen atoms in total. The van der Waals surface area contributed by atoms with Crippen molar-refractivity contribution in [3.63, 3.8) is 0 Å². The molecule has 0 saturated carbocycles. The summed E-state index contributed by atoms with van der Waals surface area (Å²) in [4.78, 5) is 0. The van der Waals surface area contributed by atoms with Crippen LogP contribution in [-0.2, 0) is 0 Å². The van der Waals surface area contributed by atoms with Crippen LogP contribution in [0.5, 0.6) is 0 Å². The third kappa shape index (κ3) is 504. The van der Waals surface area contributed by atoms with Crippen molar-refractivity contribution >= 4 is 0 Å². The number of hydrogen-bond donors (Lipinski definition) is 0. The van der Waals surface area contributed by atoms with Gasteiger partial charge in [-0.2, -0.15) is 0 Å². The van der Waals surface area contributed by atoms with Gasteiger partial charge in [0.1, 0.15) is 0 Å². The lowest BCUT2D eigenvalue weighted by Crippen LogP contribution is -1.77. The van der Waals surface area contributed by atoms with Crippen LogP contribution in [0.25, 0.3) is 0 Å². The van der Waals surface area contributed by atoms with Gasteiger partial charge >= 0.3 is 0 Å².